The summed E-state index contributed by atoms with van der Waals surface area (Å²) < 4.78 is 4.72. The van der Waals surface area contributed by atoms with E-state index in [-0.39, 0.29) is 5.97 Å². The summed E-state index contributed by atoms with van der Waals surface area (Å²) in [6.07, 6.45) is 2.51. The number of carbonyl (C=O) groups excluding carboxylic acids is 1. The molecule has 0 bridgehead atoms. The van der Waals surface area contributed by atoms with Crippen LogP contribution in [0.1, 0.15) is 34.8 Å². The van der Waals surface area contributed by atoms with Gasteiger partial charge in [-0.2, -0.15) is 0 Å². The lowest BCUT2D eigenvalue weighted by molar-refractivity contribution is 0.0601. The molecule has 3 nitrogen and oxygen atoms in total. The Kier molecular flexibility index (Phi) is 2.88. The molecular weight excluding hydrogens is 246 g/mol. The summed E-state index contributed by atoms with van der Waals surface area (Å²) >= 11 is 1.64. The second-order valence-electron chi connectivity index (χ2n) is 4.42. The predicted octanol–water partition coefficient (Wildman–Crippen LogP) is 3.47. The maximum Gasteiger partial charge on any atom is 0.337 e. The van der Waals surface area contributed by atoms with Crippen LogP contribution in [-0.2, 0) is 4.74 Å². The van der Waals surface area contributed by atoms with Gasteiger partial charge in [0.05, 0.1) is 18.4 Å². The number of benzene rings is 1. The van der Waals surface area contributed by atoms with Crippen LogP contribution in [0.4, 0.5) is 0 Å². The second-order valence-corrected chi connectivity index (χ2v) is 5.28. The lowest BCUT2D eigenvalue weighted by Crippen LogP contribution is -2.00. The van der Waals surface area contributed by atoms with Gasteiger partial charge in [0.15, 0.2) is 0 Å². The molecule has 2 aromatic rings. The highest BCUT2D eigenvalue weighted by molar-refractivity contribution is 7.13. The molecule has 0 aliphatic heterocycles. The Labute approximate surface area is 109 Å². The molecule has 1 aromatic carbocycles. The van der Waals surface area contributed by atoms with Crippen LogP contribution in [0.2, 0.25) is 0 Å². The summed E-state index contributed by atoms with van der Waals surface area (Å²) in [6.45, 7) is 0. The highest BCUT2D eigenvalue weighted by Crippen LogP contribution is 2.41. The summed E-state index contributed by atoms with van der Waals surface area (Å²) in [6, 6.07) is 7.42. The van der Waals surface area contributed by atoms with E-state index in [1.54, 1.807) is 17.4 Å². The van der Waals surface area contributed by atoms with E-state index < -0.39 is 0 Å². The smallest absolute Gasteiger partial charge is 0.337 e. The standard InChI is InChI=1S/C14H13NO2S/c1-17-14(16)11-4-2-3-10(7-11)13-15-12(8-18-13)9-5-6-9/h2-4,7-9H,5-6H2,1H3. The second kappa shape index (κ2) is 4.53. The molecule has 1 aromatic heterocycles. The van der Waals surface area contributed by atoms with Crippen LogP contribution in [0, 0.1) is 0 Å². The number of methoxy groups -OCH3 is 1. The number of aromatic nitrogens is 1. The Balaban J connectivity index is 1.92. The van der Waals surface area contributed by atoms with Gasteiger partial charge in [-0.3, -0.25) is 0 Å². The molecule has 4 heteroatoms. The number of thiazole rings is 1. The molecule has 0 amide bonds. The highest BCUT2D eigenvalue weighted by Gasteiger charge is 2.26. The predicted molar refractivity (Wildman–Crippen MR) is 70.9 cm³/mol. The fraction of sp³-hybridized carbons (Fsp3) is 0.286. The quantitative estimate of drug-likeness (QED) is 0.792. The normalized spacial score (nSPS) is 14.5. The Morgan fingerprint density at radius 1 is 1.44 bits per heavy atom. The third-order valence-corrected chi connectivity index (χ3v) is 3.96. The minimum atomic E-state index is -0.309. The van der Waals surface area contributed by atoms with E-state index in [1.807, 2.05) is 18.2 Å². The maximum atomic E-state index is 11.5. The topological polar surface area (TPSA) is 39.2 Å². The van der Waals surface area contributed by atoms with Crippen molar-refractivity contribution in [3.63, 3.8) is 0 Å². The number of nitrogens with zero attached hydrogens (tertiary/aromatic N) is 1. The molecule has 18 heavy (non-hydrogen) atoms. The fourth-order valence-corrected chi connectivity index (χ4v) is 2.78. The third kappa shape index (κ3) is 2.16. The van der Waals surface area contributed by atoms with Gasteiger partial charge in [0, 0.05) is 16.9 Å². The van der Waals surface area contributed by atoms with Gasteiger partial charge in [-0.25, -0.2) is 9.78 Å². The molecule has 92 valence electrons. The average molecular weight is 259 g/mol. The third-order valence-electron chi connectivity index (χ3n) is 3.05. The van der Waals surface area contributed by atoms with Gasteiger partial charge >= 0.3 is 5.97 Å². The van der Waals surface area contributed by atoms with E-state index in [0.717, 1.165) is 10.6 Å². The van der Waals surface area contributed by atoms with Gasteiger partial charge in [-0.1, -0.05) is 12.1 Å². The Morgan fingerprint density at radius 2 is 2.28 bits per heavy atom. The van der Waals surface area contributed by atoms with Crippen LogP contribution in [0.3, 0.4) is 0 Å². The molecule has 3 rings (SSSR count). The highest BCUT2D eigenvalue weighted by atomic mass is 32.1. The monoisotopic (exact) mass is 259 g/mol. The first-order valence-corrected chi connectivity index (χ1v) is 6.80. The molecule has 0 atom stereocenters. The van der Waals surface area contributed by atoms with Crippen molar-refractivity contribution in [2.45, 2.75) is 18.8 Å². The van der Waals surface area contributed by atoms with Crippen molar-refractivity contribution in [2.24, 2.45) is 0 Å². The lowest BCUT2D eigenvalue weighted by atomic mass is 10.1. The van der Waals surface area contributed by atoms with E-state index in [4.69, 9.17) is 4.74 Å². The van der Waals surface area contributed by atoms with Gasteiger partial charge < -0.3 is 4.74 Å². The van der Waals surface area contributed by atoms with Crippen molar-refractivity contribution < 1.29 is 9.53 Å². The average Bonchev–Trinajstić information content (AvgIpc) is 3.15. The molecule has 1 aliphatic rings. The molecule has 1 aliphatic carbocycles. The van der Waals surface area contributed by atoms with Crippen LogP contribution in [0.5, 0.6) is 0 Å². The van der Waals surface area contributed by atoms with Crippen LogP contribution in [-0.4, -0.2) is 18.1 Å². The van der Waals surface area contributed by atoms with Gasteiger partial charge in [0.25, 0.3) is 0 Å². The SMILES string of the molecule is COC(=O)c1cccc(-c2nc(C3CC3)cs2)c1. The van der Waals surface area contributed by atoms with E-state index in [2.05, 4.69) is 10.4 Å². The number of hydrogen-bond acceptors (Lipinski definition) is 4. The first-order chi connectivity index (χ1) is 8.78. The lowest BCUT2D eigenvalue weighted by Gasteiger charge is -2.01. The van der Waals surface area contributed by atoms with E-state index in [0.29, 0.717) is 11.5 Å². The number of carbonyl (C=O) groups is 1. The number of hydrogen-bond donors (Lipinski definition) is 0. The maximum absolute atomic E-state index is 11.5. The van der Waals surface area contributed by atoms with E-state index in [1.165, 1.54) is 25.6 Å². The molecule has 1 saturated carbocycles. The minimum absolute atomic E-state index is 0.309. The van der Waals surface area contributed by atoms with Crippen molar-refractivity contribution >= 4 is 17.3 Å². The van der Waals surface area contributed by atoms with Crippen molar-refractivity contribution in [1.82, 2.24) is 4.98 Å². The van der Waals surface area contributed by atoms with Gasteiger partial charge in [0.1, 0.15) is 5.01 Å². The molecule has 0 unspecified atom stereocenters. The first kappa shape index (κ1) is 11.4. The van der Waals surface area contributed by atoms with Gasteiger partial charge in [0.2, 0.25) is 0 Å². The molecule has 0 N–H and O–H groups in total. The molecular formula is C14H13NO2S. The number of ether oxygens (including phenoxy) is 1. The van der Waals surface area contributed by atoms with E-state index in [9.17, 15) is 4.79 Å². The van der Waals surface area contributed by atoms with Crippen LogP contribution in [0.25, 0.3) is 10.6 Å². The van der Waals surface area contributed by atoms with Crippen molar-refractivity contribution in [2.75, 3.05) is 7.11 Å². The van der Waals surface area contributed by atoms with Crippen molar-refractivity contribution in [3.8, 4) is 10.6 Å². The van der Waals surface area contributed by atoms with Crippen molar-refractivity contribution in [1.29, 1.82) is 0 Å². The fourth-order valence-electron chi connectivity index (χ4n) is 1.88. The zero-order valence-electron chi connectivity index (χ0n) is 10.1. The summed E-state index contributed by atoms with van der Waals surface area (Å²) in [7, 11) is 1.39. The zero-order valence-corrected chi connectivity index (χ0v) is 10.9. The first-order valence-electron chi connectivity index (χ1n) is 5.92. The van der Waals surface area contributed by atoms with Gasteiger partial charge in [-0.15, -0.1) is 11.3 Å². The molecule has 0 radical (unpaired) electrons. The molecule has 0 spiro atoms. The minimum Gasteiger partial charge on any atom is -0.465 e. The van der Waals surface area contributed by atoms with Gasteiger partial charge in [-0.05, 0) is 25.0 Å². The van der Waals surface area contributed by atoms with Crippen LogP contribution >= 0.6 is 11.3 Å². The molecule has 1 fully saturated rings. The zero-order chi connectivity index (χ0) is 12.5. The van der Waals surface area contributed by atoms with Crippen LogP contribution < -0.4 is 0 Å². The molecule has 0 saturated heterocycles. The Hall–Kier alpha value is -1.68. The summed E-state index contributed by atoms with van der Waals surface area (Å²) in [5, 5.41) is 3.10. The Bertz CT molecular complexity index is 587. The summed E-state index contributed by atoms with van der Waals surface area (Å²) in [4.78, 5) is 16.1. The van der Waals surface area contributed by atoms with Crippen molar-refractivity contribution in [3.05, 3.63) is 40.9 Å². The van der Waals surface area contributed by atoms with Crippen LogP contribution in [0.15, 0.2) is 29.6 Å². The molecule has 1 heterocycles. The number of rotatable bonds is 3. The number of esters is 1. The van der Waals surface area contributed by atoms with E-state index >= 15 is 0 Å². The Morgan fingerprint density at radius 3 is 3.00 bits per heavy atom. The summed E-state index contributed by atoms with van der Waals surface area (Å²) in [5.41, 5.74) is 2.74. The summed E-state index contributed by atoms with van der Waals surface area (Å²) in [5.74, 6) is 0.356. The largest absolute Gasteiger partial charge is 0.465 e.